The average molecular weight is 395 g/mol. The van der Waals surface area contributed by atoms with Gasteiger partial charge in [-0.2, -0.15) is 0 Å². The van der Waals surface area contributed by atoms with E-state index in [0.29, 0.717) is 12.4 Å². The lowest BCUT2D eigenvalue weighted by atomic mass is 10.2. The summed E-state index contributed by atoms with van der Waals surface area (Å²) in [6.07, 6.45) is 0. The Hall–Kier alpha value is -0.590. The number of carbonyl (C=O) groups is 1. The van der Waals surface area contributed by atoms with Crippen LogP contribution in [-0.4, -0.2) is 32.3 Å². The molecule has 0 aliphatic carbocycles. The molecule has 1 rings (SSSR count). The molecule has 1 atom stereocenters. The van der Waals surface area contributed by atoms with E-state index in [2.05, 4.69) is 37.2 Å². The summed E-state index contributed by atoms with van der Waals surface area (Å²) >= 11 is 6.83. The molecule has 19 heavy (non-hydrogen) atoms. The van der Waals surface area contributed by atoms with E-state index in [-0.39, 0.29) is 18.6 Å². The second-order valence-electron chi connectivity index (χ2n) is 4.27. The van der Waals surface area contributed by atoms with E-state index in [0.717, 1.165) is 14.5 Å². The van der Waals surface area contributed by atoms with Crippen molar-refractivity contribution in [2.75, 3.05) is 20.3 Å². The minimum absolute atomic E-state index is 0.0334. The summed E-state index contributed by atoms with van der Waals surface area (Å²) in [5.74, 6) is 0.448. The molecular formula is C13H17Br2NO3. The average Bonchev–Trinajstić information content (AvgIpc) is 2.27. The molecule has 106 valence electrons. The second-order valence-corrected chi connectivity index (χ2v) is 5.98. The molecule has 1 aromatic carbocycles. The third-order valence-corrected chi connectivity index (χ3v) is 3.49. The minimum Gasteiger partial charge on any atom is -0.481 e. The molecule has 6 heteroatoms. The Morgan fingerprint density at radius 3 is 2.47 bits per heavy atom. The SMILES string of the molecule is COC[C@H](C)NC(=O)COc1c(Br)cc(C)cc1Br. The van der Waals surface area contributed by atoms with E-state index in [1.165, 1.54) is 0 Å². The highest BCUT2D eigenvalue weighted by Crippen LogP contribution is 2.34. The first-order valence-corrected chi connectivity index (χ1v) is 7.39. The number of nitrogens with one attached hydrogen (secondary N) is 1. The van der Waals surface area contributed by atoms with Crippen molar-refractivity contribution in [3.63, 3.8) is 0 Å². The van der Waals surface area contributed by atoms with Crippen LogP contribution in [-0.2, 0) is 9.53 Å². The van der Waals surface area contributed by atoms with Crippen molar-refractivity contribution < 1.29 is 14.3 Å². The molecule has 1 N–H and O–H groups in total. The molecule has 0 saturated carbocycles. The zero-order chi connectivity index (χ0) is 14.4. The van der Waals surface area contributed by atoms with Gasteiger partial charge in [0, 0.05) is 13.2 Å². The molecule has 0 fully saturated rings. The van der Waals surface area contributed by atoms with Gasteiger partial charge in [-0.1, -0.05) is 0 Å². The van der Waals surface area contributed by atoms with Gasteiger partial charge in [0.1, 0.15) is 5.75 Å². The highest BCUT2D eigenvalue weighted by molar-refractivity contribution is 9.11. The van der Waals surface area contributed by atoms with Gasteiger partial charge in [-0.05, 0) is 63.4 Å². The standard InChI is InChI=1S/C13H17Br2NO3/c1-8-4-10(14)13(11(15)5-8)19-7-12(17)16-9(2)6-18-3/h4-5,9H,6-7H2,1-3H3,(H,16,17)/t9-/m0/s1. The molecule has 0 radical (unpaired) electrons. The fourth-order valence-electron chi connectivity index (χ4n) is 1.57. The Bertz CT molecular complexity index is 429. The Balaban J connectivity index is 2.55. The summed E-state index contributed by atoms with van der Waals surface area (Å²) in [6.45, 7) is 4.30. The van der Waals surface area contributed by atoms with Crippen molar-refractivity contribution in [2.24, 2.45) is 0 Å². The van der Waals surface area contributed by atoms with Crippen molar-refractivity contribution in [3.05, 3.63) is 26.6 Å². The number of amides is 1. The summed E-state index contributed by atoms with van der Waals surface area (Å²) in [4.78, 5) is 11.7. The summed E-state index contributed by atoms with van der Waals surface area (Å²) in [5.41, 5.74) is 1.10. The number of hydrogen-bond donors (Lipinski definition) is 1. The number of hydrogen-bond acceptors (Lipinski definition) is 3. The Morgan fingerprint density at radius 2 is 1.95 bits per heavy atom. The molecule has 1 amide bonds. The van der Waals surface area contributed by atoms with Crippen molar-refractivity contribution in [3.8, 4) is 5.75 Å². The topological polar surface area (TPSA) is 47.6 Å². The van der Waals surface area contributed by atoms with Crippen molar-refractivity contribution in [2.45, 2.75) is 19.9 Å². The maximum absolute atomic E-state index is 11.7. The molecule has 1 aromatic rings. The third kappa shape index (κ3) is 5.50. The lowest BCUT2D eigenvalue weighted by Gasteiger charge is -2.14. The first kappa shape index (κ1) is 16.5. The Morgan fingerprint density at radius 1 is 1.37 bits per heavy atom. The highest BCUT2D eigenvalue weighted by atomic mass is 79.9. The zero-order valence-electron chi connectivity index (χ0n) is 11.1. The van der Waals surface area contributed by atoms with Gasteiger partial charge in [0.25, 0.3) is 5.91 Å². The number of benzene rings is 1. The van der Waals surface area contributed by atoms with E-state index in [1.54, 1.807) is 7.11 Å². The van der Waals surface area contributed by atoms with Crippen LogP contribution in [0.25, 0.3) is 0 Å². The molecule has 0 unspecified atom stereocenters. The normalized spacial score (nSPS) is 12.1. The van der Waals surface area contributed by atoms with Gasteiger partial charge < -0.3 is 14.8 Å². The van der Waals surface area contributed by atoms with Gasteiger partial charge in [-0.15, -0.1) is 0 Å². The first-order valence-electron chi connectivity index (χ1n) is 5.80. The molecule has 0 spiro atoms. The van der Waals surface area contributed by atoms with Gasteiger partial charge >= 0.3 is 0 Å². The van der Waals surface area contributed by atoms with E-state index >= 15 is 0 Å². The number of carbonyl (C=O) groups excluding carboxylic acids is 1. The Kier molecular flexibility index (Phi) is 6.82. The van der Waals surface area contributed by atoms with Gasteiger partial charge in [0.15, 0.2) is 6.61 Å². The second kappa shape index (κ2) is 7.87. The van der Waals surface area contributed by atoms with Gasteiger partial charge in [0.2, 0.25) is 0 Å². The summed E-state index contributed by atoms with van der Waals surface area (Å²) in [7, 11) is 1.60. The summed E-state index contributed by atoms with van der Waals surface area (Å²) in [6, 6.07) is 3.84. The summed E-state index contributed by atoms with van der Waals surface area (Å²) < 4.78 is 12.1. The van der Waals surface area contributed by atoms with Crippen LogP contribution < -0.4 is 10.1 Å². The monoisotopic (exact) mass is 393 g/mol. The molecule has 0 bridgehead atoms. The van der Waals surface area contributed by atoms with E-state index in [4.69, 9.17) is 9.47 Å². The van der Waals surface area contributed by atoms with Crippen molar-refractivity contribution in [1.29, 1.82) is 0 Å². The number of methoxy groups -OCH3 is 1. The molecule has 0 saturated heterocycles. The molecule has 0 aliphatic rings. The van der Waals surface area contributed by atoms with Crippen LogP contribution in [0.4, 0.5) is 0 Å². The van der Waals surface area contributed by atoms with Crippen LogP contribution in [0.1, 0.15) is 12.5 Å². The predicted octanol–water partition coefficient (Wildman–Crippen LogP) is 3.05. The molecule has 0 aliphatic heterocycles. The lowest BCUT2D eigenvalue weighted by Crippen LogP contribution is -2.38. The third-order valence-electron chi connectivity index (χ3n) is 2.31. The van der Waals surface area contributed by atoms with Crippen LogP contribution in [0.5, 0.6) is 5.75 Å². The maximum atomic E-state index is 11.7. The first-order chi connectivity index (χ1) is 8.93. The highest BCUT2D eigenvalue weighted by Gasteiger charge is 2.11. The lowest BCUT2D eigenvalue weighted by molar-refractivity contribution is -0.124. The van der Waals surface area contributed by atoms with Crippen LogP contribution >= 0.6 is 31.9 Å². The fraction of sp³-hybridized carbons (Fsp3) is 0.462. The van der Waals surface area contributed by atoms with E-state index in [9.17, 15) is 4.79 Å². The minimum atomic E-state index is -0.177. The van der Waals surface area contributed by atoms with Crippen LogP contribution in [0.2, 0.25) is 0 Å². The molecule has 0 aromatic heterocycles. The largest absolute Gasteiger partial charge is 0.481 e. The molecular weight excluding hydrogens is 378 g/mol. The van der Waals surface area contributed by atoms with E-state index < -0.39 is 0 Å². The zero-order valence-corrected chi connectivity index (χ0v) is 14.3. The fourth-order valence-corrected chi connectivity index (χ4v) is 3.21. The maximum Gasteiger partial charge on any atom is 0.258 e. The van der Waals surface area contributed by atoms with Gasteiger partial charge in [0.05, 0.1) is 15.6 Å². The van der Waals surface area contributed by atoms with Crippen LogP contribution in [0.15, 0.2) is 21.1 Å². The number of ether oxygens (including phenoxy) is 2. The smallest absolute Gasteiger partial charge is 0.258 e. The van der Waals surface area contributed by atoms with E-state index in [1.807, 2.05) is 26.0 Å². The molecule has 4 nitrogen and oxygen atoms in total. The van der Waals surface area contributed by atoms with Gasteiger partial charge in [-0.25, -0.2) is 0 Å². The quantitative estimate of drug-likeness (QED) is 0.806. The Labute approximate surface area is 130 Å². The number of halogens is 2. The van der Waals surface area contributed by atoms with Crippen molar-refractivity contribution >= 4 is 37.8 Å². The molecule has 0 heterocycles. The van der Waals surface area contributed by atoms with Crippen LogP contribution in [0, 0.1) is 6.92 Å². The van der Waals surface area contributed by atoms with Crippen molar-refractivity contribution in [1.82, 2.24) is 5.32 Å². The summed E-state index contributed by atoms with van der Waals surface area (Å²) in [5, 5.41) is 2.78. The number of rotatable bonds is 6. The predicted molar refractivity (Wildman–Crippen MR) is 81.6 cm³/mol. The van der Waals surface area contributed by atoms with Gasteiger partial charge in [-0.3, -0.25) is 4.79 Å². The van der Waals surface area contributed by atoms with Crippen LogP contribution in [0.3, 0.4) is 0 Å². The number of aryl methyl sites for hydroxylation is 1.